The fraction of sp³-hybridized carbons (Fsp3) is 0.429. The topological polar surface area (TPSA) is 81.7 Å². The molecule has 180 valence electrons. The molecular weight excluding hydrogens is 436 g/mol. The lowest BCUT2D eigenvalue weighted by Crippen LogP contribution is -2.58. The molecule has 3 aliphatic heterocycles. The highest BCUT2D eigenvalue weighted by Gasteiger charge is 2.36. The van der Waals surface area contributed by atoms with Crippen LogP contribution in [-0.2, 0) is 6.54 Å². The number of pyridine rings is 1. The fourth-order valence-corrected chi connectivity index (χ4v) is 5.92. The molecule has 1 aromatic heterocycles. The standard InChI is InChI=1S/C28H32N6O/c1-19-15-33(26-7-5-20(14-29)28-25(26)3-2-10-31-28)17-24-18-35-27-13-23(6-4-21(27)16-34(19)24)32-11-8-22(30)9-12-32/h2-7,10,13,19,22,24H,8-9,11-12,15-18,30H2,1H3/t19-,24-/m0/s1. The van der Waals surface area contributed by atoms with Gasteiger partial charge < -0.3 is 20.3 Å². The van der Waals surface area contributed by atoms with Crippen LogP contribution < -0.4 is 20.3 Å². The molecule has 2 saturated heterocycles. The van der Waals surface area contributed by atoms with Crippen molar-refractivity contribution in [2.24, 2.45) is 5.73 Å². The number of benzene rings is 2. The lowest BCUT2D eigenvalue weighted by atomic mass is 10.0. The average Bonchev–Trinajstić information content (AvgIpc) is 3.08. The van der Waals surface area contributed by atoms with Crippen molar-refractivity contribution in [3.05, 3.63) is 59.8 Å². The second kappa shape index (κ2) is 9.03. The molecule has 2 atom stereocenters. The third-order valence-corrected chi connectivity index (χ3v) is 7.90. The number of nitriles is 1. The van der Waals surface area contributed by atoms with Crippen molar-refractivity contribution in [2.75, 3.05) is 42.6 Å². The van der Waals surface area contributed by atoms with Gasteiger partial charge in [-0.25, -0.2) is 0 Å². The van der Waals surface area contributed by atoms with Crippen molar-refractivity contribution in [3.8, 4) is 11.8 Å². The van der Waals surface area contributed by atoms with E-state index in [1.165, 1.54) is 11.3 Å². The predicted molar refractivity (Wildman–Crippen MR) is 139 cm³/mol. The Labute approximate surface area is 206 Å². The predicted octanol–water partition coefficient (Wildman–Crippen LogP) is 3.51. The molecule has 0 radical (unpaired) electrons. The van der Waals surface area contributed by atoms with E-state index in [2.05, 4.69) is 63.0 Å². The second-order valence-corrected chi connectivity index (χ2v) is 10.2. The monoisotopic (exact) mass is 468 g/mol. The van der Waals surface area contributed by atoms with Gasteiger partial charge in [0.1, 0.15) is 18.4 Å². The minimum absolute atomic E-state index is 0.282. The molecular formula is C28H32N6O. The molecule has 0 spiro atoms. The van der Waals surface area contributed by atoms with Crippen LogP contribution in [0.15, 0.2) is 48.7 Å². The van der Waals surface area contributed by atoms with E-state index in [1.54, 1.807) is 6.20 Å². The molecule has 7 heteroatoms. The van der Waals surface area contributed by atoms with Crippen molar-refractivity contribution in [2.45, 2.75) is 44.4 Å². The maximum Gasteiger partial charge on any atom is 0.125 e. The Balaban J connectivity index is 1.25. The summed E-state index contributed by atoms with van der Waals surface area (Å²) in [7, 11) is 0. The van der Waals surface area contributed by atoms with E-state index in [9.17, 15) is 5.26 Å². The smallest absolute Gasteiger partial charge is 0.125 e. The number of aromatic nitrogens is 1. The zero-order chi connectivity index (χ0) is 23.9. The number of anilines is 2. The highest BCUT2D eigenvalue weighted by atomic mass is 16.5. The Morgan fingerprint density at radius 1 is 1.09 bits per heavy atom. The van der Waals surface area contributed by atoms with Crippen LogP contribution in [0.1, 0.15) is 30.9 Å². The molecule has 3 aromatic rings. The number of fused-ring (bicyclic) bond motifs is 3. The molecule has 7 nitrogen and oxygen atoms in total. The van der Waals surface area contributed by atoms with Crippen molar-refractivity contribution in [1.82, 2.24) is 9.88 Å². The molecule has 2 N–H and O–H groups in total. The Morgan fingerprint density at radius 3 is 2.77 bits per heavy atom. The highest BCUT2D eigenvalue weighted by Crippen LogP contribution is 2.35. The molecule has 3 aliphatic rings. The first-order valence-corrected chi connectivity index (χ1v) is 12.7. The number of piperidine rings is 1. The van der Waals surface area contributed by atoms with Crippen LogP contribution >= 0.6 is 0 Å². The lowest BCUT2D eigenvalue weighted by Gasteiger charge is -2.45. The number of nitrogens with zero attached hydrogens (tertiary/aromatic N) is 5. The number of ether oxygens (including phenoxy) is 1. The van der Waals surface area contributed by atoms with Crippen LogP contribution in [-0.4, -0.2) is 60.8 Å². The number of nitrogens with two attached hydrogens (primary N) is 1. The van der Waals surface area contributed by atoms with E-state index in [1.807, 2.05) is 12.1 Å². The van der Waals surface area contributed by atoms with Gasteiger partial charge >= 0.3 is 0 Å². The van der Waals surface area contributed by atoms with Gasteiger partial charge in [-0.2, -0.15) is 5.26 Å². The van der Waals surface area contributed by atoms with Crippen LogP contribution in [0.3, 0.4) is 0 Å². The van der Waals surface area contributed by atoms with Gasteiger partial charge in [0.25, 0.3) is 0 Å². The van der Waals surface area contributed by atoms with Crippen molar-refractivity contribution in [1.29, 1.82) is 5.26 Å². The van der Waals surface area contributed by atoms with E-state index in [0.717, 1.165) is 67.9 Å². The zero-order valence-electron chi connectivity index (χ0n) is 20.2. The molecule has 0 saturated carbocycles. The molecule has 2 aromatic carbocycles. The second-order valence-electron chi connectivity index (χ2n) is 10.2. The summed E-state index contributed by atoms with van der Waals surface area (Å²) in [6.45, 7) is 7.69. The fourth-order valence-electron chi connectivity index (χ4n) is 5.92. The number of piperazine rings is 1. The largest absolute Gasteiger partial charge is 0.491 e. The molecule has 0 amide bonds. The van der Waals surface area contributed by atoms with E-state index in [4.69, 9.17) is 10.5 Å². The van der Waals surface area contributed by atoms with Gasteiger partial charge in [0.05, 0.1) is 17.1 Å². The summed E-state index contributed by atoms with van der Waals surface area (Å²) in [5.74, 6) is 1.01. The van der Waals surface area contributed by atoms with Crippen LogP contribution in [0.4, 0.5) is 11.4 Å². The molecule has 2 fully saturated rings. The van der Waals surface area contributed by atoms with Gasteiger partial charge in [-0.05, 0) is 50.1 Å². The van der Waals surface area contributed by atoms with E-state index < -0.39 is 0 Å². The number of hydrogen-bond acceptors (Lipinski definition) is 7. The quantitative estimate of drug-likeness (QED) is 0.616. The molecule has 0 unspecified atom stereocenters. The van der Waals surface area contributed by atoms with E-state index >= 15 is 0 Å². The van der Waals surface area contributed by atoms with Crippen LogP contribution in [0, 0.1) is 11.3 Å². The lowest BCUT2D eigenvalue weighted by molar-refractivity contribution is 0.0892. The summed E-state index contributed by atoms with van der Waals surface area (Å²) in [6.07, 6.45) is 3.85. The normalized spacial score (nSPS) is 23.2. The van der Waals surface area contributed by atoms with Gasteiger partial charge in [0, 0.05) is 79.4 Å². The summed E-state index contributed by atoms with van der Waals surface area (Å²) >= 11 is 0. The summed E-state index contributed by atoms with van der Waals surface area (Å²) in [5.41, 5.74) is 11.1. The Kier molecular flexibility index (Phi) is 5.71. The first kappa shape index (κ1) is 22.1. The molecule has 0 aliphatic carbocycles. The van der Waals surface area contributed by atoms with E-state index in [0.29, 0.717) is 24.3 Å². The first-order chi connectivity index (χ1) is 17.1. The van der Waals surface area contributed by atoms with Crippen molar-refractivity contribution >= 4 is 22.3 Å². The van der Waals surface area contributed by atoms with Crippen LogP contribution in [0.5, 0.6) is 5.75 Å². The Hall–Kier alpha value is -3.34. The minimum atomic E-state index is 0.282. The van der Waals surface area contributed by atoms with Gasteiger partial charge in [-0.1, -0.05) is 6.07 Å². The van der Waals surface area contributed by atoms with Gasteiger partial charge in [-0.15, -0.1) is 0 Å². The van der Waals surface area contributed by atoms with Crippen molar-refractivity contribution < 1.29 is 4.74 Å². The molecule has 6 rings (SSSR count). The maximum atomic E-state index is 9.53. The van der Waals surface area contributed by atoms with Gasteiger partial charge in [0.15, 0.2) is 0 Å². The van der Waals surface area contributed by atoms with Crippen molar-refractivity contribution in [3.63, 3.8) is 0 Å². The third kappa shape index (κ3) is 4.07. The number of hydrogen-bond donors (Lipinski definition) is 1. The Bertz CT molecular complexity index is 1280. The molecule has 35 heavy (non-hydrogen) atoms. The SMILES string of the molecule is C[C@H]1CN(c2ccc(C#N)c3ncccc23)C[C@H]2COc3cc(N4CCC(N)CC4)ccc3CN21. The van der Waals surface area contributed by atoms with Crippen LogP contribution in [0.25, 0.3) is 10.9 Å². The summed E-state index contributed by atoms with van der Waals surface area (Å²) in [4.78, 5) is 12.0. The maximum absolute atomic E-state index is 9.53. The van der Waals surface area contributed by atoms with E-state index in [-0.39, 0.29) is 6.04 Å². The van der Waals surface area contributed by atoms with Crippen LogP contribution in [0.2, 0.25) is 0 Å². The summed E-state index contributed by atoms with van der Waals surface area (Å²) in [6, 6.07) is 18.0. The molecule has 4 heterocycles. The highest BCUT2D eigenvalue weighted by molar-refractivity contribution is 5.95. The zero-order valence-corrected chi connectivity index (χ0v) is 20.2. The number of rotatable bonds is 2. The van der Waals surface area contributed by atoms with Gasteiger partial charge in [0.2, 0.25) is 0 Å². The van der Waals surface area contributed by atoms with Gasteiger partial charge in [-0.3, -0.25) is 9.88 Å². The third-order valence-electron chi connectivity index (χ3n) is 7.90. The minimum Gasteiger partial charge on any atom is -0.491 e. The first-order valence-electron chi connectivity index (χ1n) is 12.7. The Morgan fingerprint density at radius 2 is 1.94 bits per heavy atom. The summed E-state index contributed by atoms with van der Waals surface area (Å²) < 4.78 is 6.45. The summed E-state index contributed by atoms with van der Waals surface area (Å²) in [5, 5.41) is 10.6. The molecule has 0 bridgehead atoms. The average molecular weight is 469 g/mol.